The lowest BCUT2D eigenvalue weighted by molar-refractivity contribution is -0.0221. The van der Waals surface area contributed by atoms with Crippen LogP contribution in [0.15, 0.2) is 6.33 Å². The first-order chi connectivity index (χ1) is 10.6. The van der Waals surface area contributed by atoms with Crippen LogP contribution in [0.3, 0.4) is 0 Å². The van der Waals surface area contributed by atoms with Gasteiger partial charge in [0, 0.05) is 5.97 Å². The van der Waals surface area contributed by atoms with Crippen molar-refractivity contribution in [2.24, 2.45) is 0 Å². The highest BCUT2D eigenvalue weighted by Crippen LogP contribution is 2.40. The van der Waals surface area contributed by atoms with Gasteiger partial charge in [0.1, 0.15) is 30.3 Å². The molecule has 0 aromatic carbocycles. The lowest BCUT2D eigenvalue weighted by Gasteiger charge is -2.27. The van der Waals surface area contributed by atoms with Crippen LogP contribution >= 0.6 is 0 Å². The van der Waals surface area contributed by atoms with Crippen LogP contribution in [-0.2, 0) is 4.74 Å². The summed E-state index contributed by atoms with van der Waals surface area (Å²) in [7, 11) is 0.0653. The van der Waals surface area contributed by atoms with Gasteiger partial charge in [-0.15, -0.1) is 0 Å². The Bertz CT molecular complexity index is 613. The van der Waals surface area contributed by atoms with Gasteiger partial charge in [0.05, 0.1) is 13.3 Å². The number of anilines is 3. The molecule has 0 saturated carbocycles. The Morgan fingerprint density at radius 1 is 1.45 bits per heavy atom. The normalized spacial score (nSPS) is 30.3. The van der Waals surface area contributed by atoms with E-state index in [2.05, 4.69) is 9.97 Å². The van der Waals surface area contributed by atoms with Gasteiger partial charge < -0.3 is 35.5 Å². The SMILES string of the molecule is N#CBN1CN([C@@H]2O[C@H](CO)[C@@H](O)[C@@H]2O)c2ncnc(N)c21. The fraction of sp³-hybridized carbons (Fsp3) is 0.545. The minimum atomic E-state index is -1.22. The molecule has 0 bridgehead atoms. The van der Waals surface area contributed by atoms with E-state index in [4.69, 9.17) is 15.7 Å². The van der Waals surface area contributed by atoms with E-state index in [0.29, 0.717) is 11.5 Å². The molecule has 1 aromatic rings. The Hall–Kier alpha value is -2.13. The number of aromatic nitrogens is 2. The number of nitrogens with zero attached hydrogens (tertiary/aromatic N) is 5. The molecule has 2 aliphatic heterocycles. The van der Waals surface area contributed by atoms with E-state index >= 15 is 0 Å². The maximum Gasteiger partial charge on any atom is 0.362 e. The lowest BCUT2D eigenvalue weighted by atomic mass is 9.95. The van der Waals surface area contributed by atoms with Crippen LogP contribution in [0.2, 0.25) is 0 Å². The van der Waals surface area contributed by atoms with Crippen LogP contribution in [0.4, 0.5) is 17.3 Å². The van der Waals surface area contributed by atoms with E-state index in [1.54, 1.807) is 9.71 Å². The molecule has 1 saturated heterocycles. The van der Waals surface area contributed by atoms with Crippen molar-refractivity contribution in [3.8, 4) is 5.97 Å². The van der Waals surface area contributed by atoms with Gasteiger partial charge in [0.25, 0.3) is 0 Å². The quantitative estimate of drug-likeness (QED) is 0.423. The van der Waals surface area contributed by atoms with Crippen LogP contribution in [-0.4, -0.2) is 70.5 Å². The van der Waals surface area contributed by atoms with Crippen LogP contribution < -0.4 is 15.4 Å². The molecule has 3 heterocycles. The van der Waals surface area contributed by atoms with Crippen molar-refractivity contribution >= 4 is 24.7 Å². The molecule has 0 spiro atoms. The minimum absolute atomic E-state index is 0.0653. The second-order valence-electron chi connectivity index (χ2n) is 5.13. The van der Waals surface area contributed by atoms with Crippen molar-refractivity contribution in [1.29, 1.82) is 5.26 Å². The highest BCUT2D eigenvalue weighted by Gasteiger charge is 2.48. The zero-order chi connectivity index (χ0) is 15.9. The molecule has 11 heteroatoms. The van der Waals surface area contributed by atoms with E-state index < -0.39 is 31.1 Å². The maximum atomic E-state index is 10.1. The van der Waals surface area contributed by atoms with Crippen molar-refractivity contribution in [2.45, 2.75) is 24.5 Å². The third kappa shape index (κ3) is 2.13. The summed E-state index contributed by atoms with van der Waals surface area (Å²) < 4.78 is 5.51. The summed E-state index contributed by atoms with van der Waals surface area (Å²) in [4.78, 5) is 11.3. The van der Waals surface area contributed by atoms with E-state index in [1.165, 1.54) is 6.33 Å². The summed E-state index contributed by atoms with van der Waals surface area (Å²) in [6.07, 6.45) is -2.93. The number of nitrogen functional groups attached to an aromatic ring is 1. The van der Waals surface area contributed by atoms with Crippen LogP contribution in [0, 0.1) is 11.2 Å². The fourth-order valence-electron chi connectivity index (χ4n) is 2.77. The van der Waals surface area contributed by atoms with Crippen molar-refractivity contribution in [3.63, 3.8) is 0 Å². The predicted octanol–water partition coefficient (Wildman–Crippen LogP) is -3.09. The molecule has 1 aromatic heterocycles. The number of ether oxygens (including phenoxy) is 1. The number of aliphatic hydroxyl groups is 3. The summed E-state index contributed by atoms with van der Waals surface area (Å²) in [5, 5.41) is 38.1. The van der Waals surface area contributed by atoms with Gasteiger partial charge in [0.2, 0.25) is 0 Å². The monoisotopic (exact) mass is 306 g/mol. The Kier molecular flexibility index (Phi) is 3.75. The van der Waals surface area contributed by atoms with Gasteiger partial charge in [-0.25, -0.2) is 15.2 Å². The van der Waals surface area contributed by atoms with Crippen molar-refractivity contribution < 1.29 is 20.1 Å². The fourth-order valence-corrected chi connectivity index (χ4v) is 2.77. The Balaban J connectivity index is 1.94. The number of aliphatic hydroxyl groups excluding tert-OH is 3. The third-order valence-corrected chi connectivity index (χ3v) is 3.83. The molecule has 2 aliphatic rings. The number of fused-ring (bicyclic) bond motifs is 1. The molecule has 1 fully saturated rings. The van der Waals surface area contributed by atoms with Gasteiger partial charge in [-0.3, -0.25) is 0 Å². The second-order valence-corrected chi connectivity index (χ2v) is 5.13. The smallest absolute Gasteiger partial charge is 0.362 e. The molecule has 0 aliphatic carbocycles. The Labute approximate surface area is 126 Å². The topological polar surface area (TPSA) is 152 Å². The van der Waals surface area contributed by atoms with Crippen LogP contribution in [0.1, 0.15) is 0 Å². The van der Waals surface area contributed by atoms with E-state index in [1.807, 2.05) is 5.97 Å². The first kappa shape index (κ1) is 14.8. The zero-order valence-corrected chi connectivity index (χ0v) is 11.6. The number of hydrogen-bond acceptors (Lipinski definition) is 10. The molecular weight excluding hydrogens is 291 g/mol. The summed E-state index contributed by atoms with van der Waals surface area (Å²) >= 11 is 0. The zero-order valence-electron chi connectivity index (χ0n) is 11.6. The molecule has 0 amide bonds. The average Bonchev–Trinajstić information content (AvgIpc) is 3.00. The van der Waals surface area contributed by atoms with Crippen molar-refractivity contribution in [1.82, 2.24) is 9.97 Å². The highest BCUT2D eigenvalue weighted by molar-refractivity contribution is 6.51. The standard InChI is InChI=1S/C11H15BN6O4/c13-2-12-18-4-17(10-6(18)9(14)15-3-16-10)11-8(21)7(20)5(1-19)22-11/h3,5,7-8,11-12,19-21H,1,4H2,(H2,14,15,16)/t5-,7-,8+,11-/m1/s1. The summed E-state index contributed by atoms with van der Waals surface area (Å²) in [6.45, 7) is -0.207. The summed E-state index contributed by atoms with van der Waals surface area (Å²) in [5.41, 5.74) is 6.34. The lowest BCUT2D eigenvalue weighted by Crippen LogP contribution is -2.46. The molecule has 116 valence electrons. The number of hydrogen-bond donors (Lipinski definition) is 4. The number of nitrogens with two attached hydrogens (primary N) is 1. The van der Waals surface area contributed by atoms with E-state index in [0.717, 1.165) is 0 Å². The van der Waals surface area contributed by atoms with Crippen molar-refractivity contribution in [2.75, 3.05) is 28.7 Å². The molecule has 4 atom stereocenters. The number of nitriles is 1. The molecule has 10 nitrogen and oxygen atoms in total. The maximum absolute atomic E-state index is 10.1. The third-order valence-electron chi connectivity index (χ3n) is 3.83. The first-order valence-electron chi connectivity index (χ1n) is 6.70. The molecule has 22 heavy (non-hydrogen) atoms. The molecule has 5 N–H and O–H groups in total. The van der Waals surface area contributed by atoms with Gasteiger partial charge >= 0.3 is 7.41 Å². The van der Waals surface area contributed by atoms with Gasteiger partial charge in [0.15, 0.2) is 17.9 Å². The van der Waals surface area contributed by atoms with E-state index in [9.17, 15) is 15.3 Å². The van der Waals surface area contributed by atoms with Gasteiger partial charge in [-0.2, -0.15) is 0 Å². The summed E-state index contributed by atoms with van der Waals surface area (Å²) in [6, 6.07) is 0. The van der Waals surface area contributed by atoms with Crippen molar-refractivity contribution in [3.05, 3.63) is 6.33 Å². The van der Waals surface area contributed by atoms with Gasteiger partial charge in [-0.05, 0) is 0 Å². The first-order valence-corrected chi connectivity index (χ1v) is 6.70. The molecular formula is C11H15BN6O4. The average molecular weight is 306 g/mol. The predicted molar refractivity (Wildman–Crippen MR) is 76.8 cm³/mol. The largest absolute Gasteiger partial charge is 0.394 e. The van der Waals surface area contributed by atoms with E-state index in [-0.39, 0.29) is 19.9 Å². The Morgan fingerprint density at radius 2 is 2.23 bits per heavy atom. The summed E-state index contributed by atoms with van der Waals surface area (Å²) in [5.74, 6) is 2.66. The Morgan fingerprint density at radius 3 is 2.86 bits per heavy atom. The second kappa shape index (κ2) is 5.58. The van der Waals surface area contributed by atoms with Crippen LogP contribution in [0.25, 0.3) is 0 Å². The molecule has 3 rings (SSSR count). The highest BCUT2D eigenvalue weighted by atomic mass is 16.6. The minimum Gasteiger partial charge on any atom is -0.394 e. The number of rotatable bonds is 3. The van der Waals surface area contributed by atoms with Crippen LogP contribution in [0.5, 0.6) is 0 Å². The van der Waals surface area contributed by atoms with Gasteiger partial charge in [-0.1, -0.05) is 0 Å². The molecule has 0 radical (unpaired) electrons. The molecule has 0 unspecified atom stereocenters.